The molecule has 1 aromatic carbocycles. The van der Waals surface area contributed by atoms with Gasteiger partial charge in [0.15, 0.2) is 0 Å². The van der Waals surface area contributed by atoms with Crippen LogP contribution in [-0.4, -0.2) is 15.9 Å². The van der Waals surface area contributed by atoms with Crippen LogP contribution in [0.5, 0.6) is 0 Å². The topological polar surface area (TPSA) is 68.1 Å². The molecular formula is C16H19N3O2. The van der Waals surface area contributed by atoms with E-state index in [0.717, 1.165) is 30.2 Å². The molecule has 1 aromatic heterocycles. The predicted molar refractivity (Wildman–Crippen MR) is 83.4 cm³/mol. The van der Waals surface area contributed by atoms with Gasteiger partial charge in [-0.3, -0.25) is 10.1 Å². The molecule has 1 heterocycles. The molecule has 0 saturated heterocycles. The summed E-state index contributed by atoms with van der Waals surface area (Å²) in [6.45, 7) is 4.49. The monoisotopic (exact) mass is 285 g/mol. The van der Waals surface area contributed by atoms with Crippen molar-refractivity contribution < 1.29 is 4.92 Å². The molecule has 0 radical (unpaired) electrons. The van der Waals surface area contributed by atoms with E-state index in [9.17, 15) is 10.1 Å². The van der Waals surface area contributed by atoms with E-state index in [2.05, 4.69) is 24.1 Å². The van der Waals surface area contributed by atoms with Crippen LogP contribution in [-0.2, 0) is 0 Å². The van der Waals surface area contributed by atoms with E-state index in [4.69, 9.17) is 0 Å². The Morgan fingerprint density at radius 2 is 2.14 bits per heavy atom. The third-order valence-corrected chi connectivity index (χ3v) is 4.27. The van der Waals surface area contributed by atoms with Crippen LogP contribution in [0.25, 0.3) is 10.9 Å². The van der Waals surface area contributed by atoms with E-state index >= 15 is 0 Å². The number of nitrogens with zero attached hydrogens (tertiary/aromatic N) is 2. The van der Waals surface area contributed by atoms with Crippen LogP contribution >= 0.6 is 0 Å². The summed E-state index contributed by atoms with van der Waals surface area (Å²) in [6.07, 6.45) is 4.56. The molecule has 1 unspecified atom stereocenters. The summed E-state index contributed by atoms with van der Waals surface area (Å²) in [5, 5.41) is 15.5. The molecule has 110 valence electrons. The highest BCUT2D eigenvalue weighted by Gasteiger charge is 2.32. The van der Waals surface area contributed by atoms with Crippen molar-refractivity contribution in [3.63, 3.8) is 0 Å². The highest BCUT2D eigenvalue weighted by molar-refractivity contribution is 5.95. The molecule has 1 aliphatic rings. The lowest BCUT2D eigenvalue weighted by molar-refractivity contribution is -0.384. The van der Waals surface area contributed by atoms with Crippen molar-refractivity contribution in [2.24, 2.45) is 5.41 Å². The highest BCUT2D eigenvalue weighted by atomic mass is 16.6. The van der Waals surface area contributed by atoms with E-state index in [1.807, 2.05) is 24.3 Å². The van der Waals surface area contributed by atoms with E-state index < -0.39 is 0 Å². The van der Waals surface area contributed by atoms with Gasteiger partial charge in [-0.15, -0.1) is 0 Å². The molecule has 2 aromatic rings. The fraction of sp³-hybridized carbons (Fsp3) is 0.438. The van der Waals surface area contributed by atoms with Crippen molar-refractivity contribution in [2.45, 2.75) is 39.2 Å². The van der Waals surface area contributed by atoms with E-state index in [1.165, 1.54) is 6.20 Å². The van der Waals surface area contributed by atoms with Crippen molar-refractivity contribution in [3.05, 3.63) is 40.6 Å². The van der Waals surface area contributed by atoms with Crippen LogP contribution in [0.1, 0.15) is 33.1 Å². The molecule has 1 atom stereocenters. The minimum Gasteiger partial charge on any atom is -0.376 e. The Balaban J connectivity index is 2.03. The van der Waals surface area contributed by atoms with Gasteiger partial charge < -0.3 is 5.32 Å². The molecule has 1 fully saturated rings. The van der Waals surface area contributed by atoms with E-state index in [1.54, 1.807) is 0 Å². The van der Waals surface area contributed by atoms with Gasteiger partial charge in [-0.2, -0.15) is 0 Å². The fourth-order valence-electron chi connectivity index (χ4n) is 3.18. The Hall–Kier alpha value is -2.17. The predicted octanol–water partition coefficient (Wildman–Crippen LogP) is 4.13. The summed E-state index contributed by atoms with van der Waals surface area (Å²) < 4.78 is 0. The molecule has 1 saturated carbocycles. The zero-order valence-corrected chi connectivity index (χ0v) is 12.3. The number of aromatic nitrogens is 1. The Bertz CT molecular complexity index is 697. The quantitative estimate of drug-likeness (QED) is 0.680. The first-order valence-corrected chi connectivity index (χ1v) is 7.25. The lowest BCUT2D eigenvalue weighted by Crippen LogP contribution is -2.18. The number of para-hydroxylation sites is 1. The van der Waals surface area contributed by atoms with Gasteiger partial charge in [0.2, 0.25) is 0 Å². The smallest absolute Gasteiger partial charge is 0.311 e. The van der Waals surface area contributed by atoms with Crippen LogP contribution in [0.3, 0.4) is 0 Å². The summed E-state index contributed by atoms with van der Waals surface area (Å²) >= 11 is 0. The average molecular weight is 285 g/mol. The maximum Gasteiger partial charge on any atom is 0.311 e. The minimum absolute atomic E-state index is 0.0541. The molecular weight excluding hydrogens is 266 g/mol. The van der Waals surface area contributed by atoms with Gasteiger partial charge in [0.25, 0.3) is 0 Å². The number of fused-ring (bicyclic) bond motifs is 1. The summed E-state index contributed by atoms with van der Waals surface area (Å²) in [7, 11) is 0. The maximum atomic E-state index is 11.3. The number of hydrogen-bond donors (Lipinski definition) is 1. The van der Waals surface area contributed by atoms with Crippen LogP contribution in [0, 0.1) is 15.5 Å². The van der Waals surface area contributed by atoms with Gasteiger partial charge in [-0.1, -0.05) is 32.0 Å². The molecule has 1 aliphatic carbocycles. The largest absolute Gasteiger partial charge is 0.376 e. The molecule has 5 heteroatoms. The number of pyridine rings is 1. The van der Waals surface area contributed by atoms with Crippen LogP contribution in [0.15, 0.2) is 30.5 Å². The molecule has 0 bridgehead atoms. The molecule has 0 aliphatic heterocycles. The Morgan fingerprint density at radius 1 is 1.38 bits per heavy atom. The summed E-state index contributed by atoms with van der Waals surface area (Å²) in [5.41, 5.74) is 1.74. The van der Waals surface area contributed by atoms with Gasteiger partial charge in [-0.25, -0.2) is 4.98 Å². The summed E-state index contributed by atoms with van der Waals surface area (Å²) in [5.74, 6) is 0. The highest BCUT2D eigenvalue weighted by Crippen LogP contribution is 2.40. The molecule has 21 heavy (non-hydrogen) atoms. The maximum absolute atomic E-state index is 11.3. The molecule has 3 rings (SSSR count). The van der Waals surface area contributed by atoms with Crippen LogP contribution in [0.2, 0.25) is 0 Å². The minimum atomic E-state index is -0.359. The lowest BCUT2D eigenvalue weighted by atomic mass is 9.92. The first-order chi connectivity index (χ1) is 9.96. The third kappa shape index (κ3) is 2.68. The lowest BCUT2D eigenvalue weighted by Gasteiger charge is -2.19. The Labute approximate surface area is 123 Å². The molecule has 5 nitrogen and oxygen atoms in total. The van der Waals surface area contributed by atoms with E-state index in [0.29, 0.717) is 11.1 Å². The first kappa shape index (κ1) is 13.8. The average Bonchev–Trinajstić information content (AvgIpc) is 2.78. The standard InChI is InChI=1S/C16H19N3O2/c1-16(2)8-7-11(9-16)18-15-12-5-3-4-6-13(12)17-10-14(15)19(20)21/h3-6,10-11H,7-9H2,1-2H3,(H,17,18). The van der Waals surface area contributed by atoms with Crippen LogP contribution in [0.4, 0.5) is 11.4 Å². The summed E-state index contributed by atoms with van der Waals surface area (Å²) in [6, 6.07) is 7.83. The van der Waals surface area contributed by atoms with Crippen molar-refractivity contribution >= 4 is 22.3 Å². The van der Waals surface area contributed by atoms with Gasteiger partial charge in [0.1, 0.15) is 11.9 Å². The van der Waals surface area contributed by atoms with Gasteiger partial charge in [0.05, 0.1) is 10.4 Å². The summed E-state index contributed by atoms with van der Waals surface area (Å²) in [4.78, 5) is 15.1. The SMILES string of the molecule is CC1(C)CCC(Nc2c([N+](=O)[O-])cnc3ccccc23)C1. The number of hydrogen-bond acceptors (Lipinski definition) is 4. The van der Waals surface area contributed by atoms with Gasteiger partial charge >= 0.3 is 5.69 Å². The first-order valence-electron chi connectivity index (χ1n) is 7.25. The molecule has 0 spiro atoms. The molecule has 1 N–H and O–H groups in total. The fourth-order valence-corrected chi connectivity index (χ4v) is 3.18. The number of benzene rings is 1. The van der Waals surface area contributed by atoms with Crippen molar-refractivity contribution in [3.8, 4) is 0 Å². The third-order valence-electron chi connectivity index (χ3n) is 4.27. The van der Waals surface area contributed by atoms with E-state index in [-0.39, 0.29) is 16.7 Å². The second-order valence-corrected chi connectivity index (χ2v) is 6.54. The number of nitrogens with one attached hydrogen (secondary N) is 1. The zero-order chi connectivity index (χ0) is 15.0. The van der Waals surface area contributed by atoms with Crippen molar-refractivity contribution in [1.82, 2.24) is 4.98 Å². The van der Waals surface area contributed by atoms with Crippen molar-refractivity contribution in [2.75, 3.05) is 5.32 Å². The molecule has 0 amide bonds. The number of nitro groups is 1. The second kappa shape index (κ2) is 4.98. The number of anilines is 1. The van der Waals surface area contributed by atoms with Gasteiger partial charge in [-0.05, 0) is 30.7 Å². The van der Waals surface area contributed by atoms with Crippen molar-refractivity contribution in [1.29, 1.82) is 0 Å². The zero-order valence-electron chi connectivity index (χ0n) is 12.3. The second-order valence-electron chi connectivity index (χ2n) is 6.54. The Morgan fingerprint density at radius 3 is 2.81 bits per heavy atom. The Kier molecular flexibility index (Phi) is 3.27. The normalized spacial score (nSPS) is 20.6. The number of rotatable bonds is 3. The van der Waals surface area contributed by atoms with Crippen LogP contribution < -0.4 is 5.32 Å². The van der Waals surface area contributed by atoms with Gasteiger partial charge in [0, 0.05) is 11.4 Å².